The number of carbonyl (C=O) groups is 1. The van der Waals surface area contributed by atoms with Crippen molar-refractivity contribution < 1.29 is 27.8 Å². The summed E-state index contributed by atoms with van der Waals surface area (Å²) in [5, 5.41) is 12.8. The molecule has 0 radical (unpaired) electrons. The zero-order valence-corrected chi connectivity index (χ0v) is 12.7. The van der Waals surface area contributed by atoms with Crippen molar-refractivity contribution in [2.24, 2.45) is 0 Å². The number of nitrogens with one attached hydrogen (secondary N) is 1. The number of benzene rings is 1. The first kappa shape index (κ1) is 17.6. The van der Waals surface area contributed by atoms with Gasteiger partial charge >= 0.3 is 6.36 Å². The molecule has 128 valence electrons. The molecular weight excluding hydrogens is 311 g/mol. The number of rotatable bonds is 6. The number of aliphatic hydroxyl groups is 1. The summed E-state index contributed by atoms with van der Waals surface area (Å²) in [4.78, 5) is 11.8. The van der Waals surface area contributed by atoms with Gasteiger partial charge in [-0.3, -0.25) is 4.79 Å². The molecule has 1 fully saturated rings. The largest absolute Gasteiger partial charge is 0.573 e. The molecule has 0 atom stereocenters. The summed E-state index contributed by atoms with van der Waals surface area (Å²) in [7, 11) is 0. The molecular formula is C16H20F3NO3. The van der Waals surface area contributed by atoms with Gasteiger partial charge in [0.1, 0.15) is 5.75 Å². The van der Waals surface area contributed by atoms with E-state index in [1.807, 2.05) is 0 Å². The van der Waals surface area contributed by atoms with Gasteiger partial charge in [-0.05, 0) is 37.0 Å². The summed E-state index contributed by atoms with van der Waals surface area (Å²) in [6.07, 6.45) is -0.729. The van der Waals surface area contributed by atoms with Gasteiger partial charge < -0.3 is 15.2 Å². The lowest BCUT2D eigenvalue weighted by Crippen LogP contribution is -2.40. The number of ether oxygens (including phenoxy) is 1. The van der Waals surface area contributed by atoms with E-state index in [9.17, 15) is 23.1 Å². The smallest absolute Gasteiger partial charge is 0.406 e. The Morgan fingerprint density at radius 2 is 1.83 bits per heavy atom. The summed E-state index contributed by atoms with van der Waals surface area (Å²) >= 11 is 0. The molecule has 1 aromatic rings. The van der Waals surface area contributed by atoms with Gasteiger partial charge in [0.25, 0.3) is 0 Å². The second-order valence-electron chi connectivity index (χ2n) is 5.90. The number of halogens is 3. The molecule has 0 heterocycles. The number of carbonyl (C=O) groups excluding carboxylic acids is 1. The van der Waals surface area contributed by atoms with Gasteiger partial charge in [0.15, 0.2) is 0 Å². The molecule has 0 bridgehead atoms. The van der Waals surface area contributed by atoms with E-state index in [1.54, 1.807) is 0 Å². The molecule has 23 heavy (non-hydrogen) atoms. The van der Waals surface area contributed by atoms with E-state index in [2.05, 4.69) is 10.1 Å². The van der Waals surface area contributed by atoms with E-state index in [1.165, 1.54) is 24.3 Å². The average Bonchev–Trinajstić information content (AvgIpc) is 2.90. The van der Waals surface area contributed by atoms with Crippen molar-refractivity contribution in [2.75, 3.05) is 6.54 Å². The minimum atomic E-state index is -4.71. The van der Waals surface area contributed by atoms with Gasteiger partial charge in [0.05, 0.1) is 5.60 Å². The van der Waals surface area contributed by atoms with Crippen LogP contribution in [-0.2, 0) is 11.2 Å². The van der Waals surface area contributed by atoms with Crippen molar-refractivity contribution in [3.63, 3.8) is 0 Å². The van der Waals surface area contributed by atoms with Gasteiger partial charge in [-0.1, -0.05) is 25.0 Å². The Labute approximate surface area is 132 Å². The predicted molar refractivity (Wildman–Crippen MR) is 77.9 cm³/mol. The first-order chi connectivity index (χ1) is 10.8. The number of hydrogen-bond acceptors (Lipinski definition) is 3. The first-order valence-electron chi connectivity index (χ1n) is 7.60. The highest BCUT2D eigenvalue weighted by Gasteiger charge is 2.31. The van der Waals surface area contributed by atoms with Gasteiger partial charge in [0.2, 0.25) is 5.91 Å². The van der Waals surface area contributed by atoms with Gasteiger partial charge in [-0.25, -0.2) is 0 Å². The minimum Gasteiger partial charge on any atom is -0.406 e. The monoisotopic (exact) mass is 331 g/mol. The van der Waals surface area contributed by atoms with Crippen molar-refractivity contribution in [1.82, 2.24) is 5.32 Å². The molecule has 1 amide bonds. The van der Waals surface area contributed by atoms with Crippen LogP contribution in [0.2, 0.25) is 0 Å². The summed E-state index contributed by atoms with van der Waals surface area (Å²) < 4.78 is 39.9. The van der Waals surface area contributed by atoms with E-state index in [0.717, 1.165) is 18.4 Å². The Bertz CT molecular complexity index is 522. The third-order valence-corrected chi connectivity index (χ3v) is 3.95. The molecule has 2 rings (SSSR count). The molecule has 1 aliphatic carbocycles. The first-order valence-corrected chi connectivity index (χ1v) is 7.60. The highest BCUT2D eigenvalue weighted by molar-refractivity contribution is 5.76. The Balaban J connectivity index is 1.73. The molecule has 1 aromatic carbocycles. The highest BCUT2D eigenvalue weighted by Crippen LogP contribution is 2.28. The Hall–Kier alpha value is -1.76. The normalized spacial score (nSPS) is 17.0. The number of amides is 1. The van der Waals surface area contributed by atoms with Crippen LogP contribution in [-0.4, -0.2) is 29.5 Å². The zero-order valence-electron chi connectivity index (χ0n) is 12.7. The fourth-order valence-corrected chi connectivity index (χ4v) is 2.68. The van der Waals surface area contributed by atoms with Gasteiger partial charge in [0, 0.05) is 13.0 Å². The molecule has 0 saturated heterocycles. The molecule has 1 aliphatic rings. The van der Waals surface area contributed by atoms with E-state index >= 15 is 0 Å². The van der Waals surface area contributed by atoms with E-state index < -0.39 is 12.0 Å². The fraction of sp³-hybridized carbons (Fsp3) is 0.562. The predicted octanol–water partition coefficient (Wildman–Crippen LogP) is 2.94. The maximum Gasteiger partial charge on any atom is 0.573 e. The van der Waals surface area contributed by atoms with E-state index in [-0.39, 0.29) is 24.6 Å². The fourth-order valence-electron chi connectivity index (χ4n) is 2.68. The van der Waals surface area contributed by atoms with Crippen LogP contribution in [0.5, 0.6) is 5.75 Å². The molecule has 0 spiro atoms. The zero-order chi connectivity index (χ0) is 16.9. The lowest BCUT2D eigenvalue weighted by Gasteiger charge is -2.22. The quantitative estimate of drug-likeness (QED) is 0.843. The van der Waals surface area contributed by atoms with Crippen molar-refractivity contribution in [3.05, 3.63) is 29.8 Å². The Morgan fingerprint density at radius 3 is 2.39 bits per heavy atom. The van der Waals surface area contributed by atoms with Crippen LogP contribution in [0.15, 0.2) is 24.3 Å². The van der Waals surface area contributed by atoms with Crippen LogP contribution < -0.4 is 10.1 Å². The summed E-state index contributed by atoms with van der Waals surface area (Å²) in [6.45, 7) is 0.254. The number of hydrogen-bond donors (Lipinski definition) is 2. The third kappa shape index (κ3) is 6.09. The molecule has 0 aliphatic heterocycles. The maximum absolute atomic E-state index is 12.0. The van der Waals surface area contributed by atoms with Crippen molar-refractivity contribution >= 4 is 5.91 Å². The van der Waals surface area contributed by atoms with E-state index in [4.69, 9.17) is 0 Å². The summed E-state index contributed by atoms with van der Waals surface area (Å²) in [5.41, 5.74) is -0.0408. The third-order valence-electron chi connectivity index (χ3n) is 3.95. The number of aryl methyl sites for hydroxylation is 1. The van der Waals surface area contributed by atoms with Crippen molar-refractivity contribution in [3.8, 4) is 5.75 Å². The average molecular weight is 331 g/mol. The molecule has 0 aromatic heterocycles. The van der Waals surface area contributed by atoms with Crippen LogP contribution in [0.25, 0.3) is 0 Å². The minimum absolute atomic E-state index is 0.180. The summed E-state index contributed by atoms with van der Waals surface area (Å²) in [5.74, 6) is -0.463. The Morgan fingerprint density at radius 1 is 1.22 bits per heavy atom. The van der Waals surface area contributed by atoms with Crippen LogP contribution in [0.4, 0.5) is 13.2 Å². The van der Waals surface area contributed by atoms with Gasteiger partial charge in [-0.15, -0.1) is 13.2 Å². The molecule has 7 heteroatoms. The molecule has 0 unspecified atom stereocenters. The Kier molecular flexibility index (Phi) is 5.51. The van der Waals surface area contributed by atoms with Crippen LogP contribution in [0.3, 0.4) is 0 Å². The molecule has 4 nitrogen and oxygen atoms in total. The van der Waals surface area contributed by atoms with Crippen LogP contribution >= 0.6 is 0 Å². The van der Waals surface area contributed by atoms with Crippen LogP contribution in [0.1, 0.15) is 37.7 Å². The maximum atomic E-state index is 12.0. The lowest BCUT2D eigenvalue weighted by atomic mass is 10.0. The second kappa shape index (κ2) is 7.21. The van der Waals surface area contributed by atoms with E-state index in [0.29, 0.717) is 19.3 Å². The topological polar surface area (TPSA) is 58.6 Å². The molecule has 2 N–H and O–H groups in total. The number of alkyl halides is 3. The standard InChI is InChI=1S/C16H20F3NO3/c17-16(18,19)23-13-6-3-12(4-7-13)5-8-14(21)20-11-15(22)9-1-2-10-15/h3-4,6-7,22H,1-2,5,8-11H2,(H,20,21). The molecule has 1 saturated carbocycles. The van der Waals surface area contributed by atoms with Crippen molar-refractivity contribution in [1.29, 1.82) is 0 Å². The van der Waals surface area contributed by atoms with Crippen molar-refractivity contribution in [2.45, 2.75) is 50.5 Å². The highest BCUT2D eigenvalue weighted by atomic mass is 19.4. The SMILES string of the molecule is O=C(CCc1ccc(OC(F)(F)F)cc1)NCC1(O)CCCC1. The summed E-state index contributed by atoms with van der Waals surface area (Å²) in [6, 6.07) is 5.45. The van der Waals surface area contributed by atoms with Crippen LogP contribution in [0, 0.1) is 0 Å². The lowest BCUT2D eigenvalue weighted by molar-refractivity contribution is -0.274. The van der Waals surface area contributed by atoms with Gasteiger partial charge in [-0.2, -0.15) is 0 Å². The second-order valence-corrected chi connectivity index (χ2v) is 5.90.